The summed E-state index contributed by atoms with van der Waals surface area (Å²) in [6.45, 7) is 0. The third kappa shape index (κ3) is 11.2. The molecule has 2 aliphatic rings. The molecule has 0 saturated heterocycles. The van der Waals surface area contributed by atoms with Gasteiger partial charge in [0.1, 0.15) is 0 Å². The molecule has 0 amide bonds. The van der Waals surface area contributed by atoms with Crippen LogP contribution in [0.5, 0.6) is 0 Å². The number of rotatable bonds is 0. The Hall–Kier alpha value is -1.03. The molecule has 0 aromatic rings. The zero-order chi connectivity index (χ0) is 11.3. The van der Waals surface area contributed by atoms with Gasteiger partial charge in [0.2, 0.25) is 0 Å². The average molecular weight is 442 g/mol. The fourth-order valence-corrected chi connectivity index (χ4v) is 0.859. The number of allylic oxidation sites excluding steroid dienone is 16. The molecule has 0 spiro atoms. The quantitative estimate of drug-likeness (QED) is 0.503. The Labute approximate surface area is 128 Å². The van der Waals surface area contributed by atoms with Gasteiger partial charge in [0.25, 0.3) is 0 Å². The van der Waals surface area contributed by atoms with Crippen molar-refractivity contribution >= 4 is 0 Å². The van der Waals surface area contributed by atoms with Crippen molar-refractivity contribution < 1.29 is 31.1 Å². The van der Waals surface area contributed by atoms with Crippen LogP contribution in [0.4, 0.5) is 0 Å². The van der Waals surface area contributed by atoms with Crippen molar-refractivity contribution in [3.63, 3.8) is 0 Å². The van der Waals surface area contributed by atoms with Crippen LogP contribution in [0.25, 0.3) is 0 Å². The molecular formula is C16H12U. The fourth-order valence-electron chi connectivity index (χ4n) is 0.859. The maximum Gasteiger partial charge on any atom is 4.00 e. The summed E-state index contributed by atoms with van der Waals surface area (Å²) in [7, 11) is 0. The normalized spacial score (nSPS) is 18.8. The minimum absolute atomic E-state index is 0. The maximum atomic E-state index is 2.92. The summed E-state index contributed by atoms with van der Waals surface area (Å²) in [5.41, 5.74) is 0. The zero-order valence-corrected chi connectivity index (χ0v) is 13.6. The average Bonchev–Trinajstić information content (AvgIpc) is 2.15. The summed E-state index contributed by atoms with van der Waals surface area (Å²) in [5, 5.41) is 0. The van der Waals surface area contributed by atoms with Gasteiger partial charge >= 0.3 is 31.1 Å². The molecule has 0 fully saturated rings. The molecule has 0 saturated carbocycles. The van der Waals surface area contributed by atoms with Crippen LogP contribution in [0.2, 0.25) is 0 Å². The molecule has 0 N–H and O–H groups in total. The summed E-state index contributed by atoms with van der Waals surface area (Å²) in [5.74, 6) is 0. The van der Waals surface area contributed by atoms with E-state index in [0.717, 1.165) is 0 Å². The molecule has 0 unspecified atom stereocenters. The van der Waals surface area contributed by atoms with E-state index in [2.05, 4.69) is 24.3 Å². The second-order valence-corrected chi connectivity index (χ2v) is 2.77. The third-order valence-electron chi connectivity index (χ3n) is 1.54. The molecular weight excluding hydrogens is 430 g/mol. The van der Waals surface area contributed by atoms with Gasteiger partial charge in [-0.2, -0.15) is 97.2 Å². The molecule has 2 aliphatic carbocycles. The van der Waals surface area contributed by atoms with Gasteiger partial charge in [-0.1, -0.05) is 0 Å². The second kappa shape index (κ2) is 13.0. The molecule has 0 nitrogen and oxygen atoms in total. The Morgan fingerprint density at radius 2 is 0.647 bits per heavy atom. The molecule has 0 aromatic heterocycles. The van der Waals surface area contributed by atoms with E-state index in [-0.39, 0.29) is 31.1 Å². The van der Waals surface area contributed by atoms with Gasteiger partial charge < -0.3 is 0 Å². The van der Waals surface area contributed by atoms with E-state index >= 15 is 0 Å². The Morgan fingerprint density at radius 3 is 0.882 bits per heavy atom. The van der Waals surface area contributed by atoms with Crippen molar-refractivity contribution in [2.24, 2.45) is 0 Å². The zero-order valence-electron chi connectivity index (χ0n) is 9.43. The Balaban J connectivity index is 0.000000284. The first-order valence-electron chi connectivity index (χ1n) is 4.98. The number of hydrogen-bond acceptors (Lipinski definition) is 0. The summed E-state index contributed by atoms with van der Waals surface area (Å²) in [4.78, 5) is 0. The molecule has 0 radical (unpaired) electrons. The second-order valence-electron chi connectivity index (χ2n) is 2.77. The fraction of sp³-hybridized carbons (Fsp3) is 0. The minimum atomic E-state index is 0. The van der Waals surface area contributed by atoms with Crippen LogP contribution >= 0.6 is 0 Å². The molecule has 0 aliphatic heterocycles. The monoisotopic (exact) mass is 442 g/mol. The van der Waals surface area contributed by atoms with Crippen molar-refractivity contribution in [3.05, 3.63) is 97.2 Å². The largest absolute Gasteiger partial charge is 4.00 e. The van der Waals surface area contributed by atoms with Crippen LogP contribution < -0.4 is 0 Å². The van der Waals surface area contributed by atoms with Crippen LogP contribution in [0.3, 0.4) is 0 Å². The summed E-state index contributed by atoms with van der Waals surface area (Å²) in [6, 6.07) is 0. The summed E-state index contributed by atoms with van der Waals surface area (Å²) >= 11 is 0. The van der Waals surface area contributed by atoms with Gasteiger partial charge in [-0.15, -0.1) is 0 Å². The van der Waals surface area contributed by atoms with Gasteiger partial charge in [-0.3, -0.25) is 0 Å². The molecule has 2 rings (SSSR count). The predicted molar refractivity (Wildman–Crippen MR) is 67.8 cm³/mol. The van der Waals surface area contributed by atoms with Gasteiger partial charge in [0.15, 0.2) is 0 Å². The van der Waals surface area contributed by atoms with Crippen molar-refractivity contribution in [1.82, 2.24) is 0 Å². The molecule has 1 heteroatoms. The van der Waals surface area contributed by atoms with Crippen molar-refractivity contribution in [2.45, 2.75) is 0 Å². The summed E-state index contributed by atoms with van der Waals surface area (Å²) in [6.07, 6.45) is 34.0. The number of hydrogen-bond donors (Lipinski definition) is 0. The first-order valence-corrected chi connectivity index (χ1v) is 4.98. The predicted octanol–water partition coefficient (Wildman–Crippen LogP) is 3.66. The first-order chi connectivity index (χ1) is 8.00. The van der Waals surface area contributed by atoms with E-state index in [9.17, 15) is 0 Å². The van der Waals surface area contributed by atoms with E-state index in [4.69, 9.17) is 0 Å². The molecule has 17 heavy (non-hydrogen) atoms. The molecule has 0 bridgehead atoms. The van der Waals surface area contributed by atoms with E-state index in [0.29, 0.717) is 0 Å². The van der Waals surface area contributed by atoms with E-state index in [1.165, 1.54) is 0 Å². The Bertz CT molecular complexity index is 247. The smallest absolute Gasteiger partial charge is 0.184 e. The molecule has 0 atom stereocenters. The third-order valence-corrected chi connectivity index (χ3v) is 1.54. The summed E-state index contributed by atoms with van der Waals surface area (Å²) < 4.78 is 0. The van der Waals surface area contributed by atoms with E-state index in [1.54, 1.807) is 0 Å². The van der Waals surface area contributed by atoms with Gasteiger partial charge in [0, 0.05) is 0 Å². The van der Waals surface area contributed by atoms with Crippen LogP contribution in [0.1, 0.15) is 0 Å². The standard InChI is InChI=1S/2C8H6.U/c2*1-2-4-6-8-7-5-3-1;/h2*1-3,6-8H;/q2*-2;+4/b2*2-1-,3-1?,8-6?,8-7?;. The molecule has 80 valence electrons. The van der Waals surface area contributed by atoms with Gasteiger partial charge in [0.05, 0.1) is 0 Å². The first kappa shape index (κ1) is 16.0. The van der Waals surface area contributed by atoms with Crippen molar-refractivity contribution in [1.29, 1.82) is 0 Å². The van der Waals surface area contributed by atoms with Crippen molar-refractivity contribution in [3.8, 4) is 0 Å². The molecule has 0 aromatic carbocycles. The van der Waals surface area contributed by atoms with Gasteiger partial charge in [-0.25, -0.2) is 0 Å². The SMILES string of the molecule is [C-]1=CC=C[C-]=C/C=C\1.[C-]1=CC=C[C-]=C/C=C\1.[U+4]. The van der Waals surface area contributed by atoms with Crippen LogP contribution in [0, 0.1) is 55.4 Å². The Morgan fingerprint density at radius 1 is 0.412 bits per heavy atom. The van der Waals surface area contributed by atoms with Crippen LogP contribution in [0.15, 0.2) is 72.9 Å². The van der Waals surface area contributed by atoms with Gasteiger partial charge in [-0.05, 0) is 0 Å². The maximum absolute atomic E-state index is 2.92. The minimum Gasteiger partial charge on any atom is -0.184 e. The van der Waals surface area contributed by atoms with E-state index < -0.39 is 0 Å². The Kier molecular flexibility index (Phi) is 12.3. The van der Waals surface area contributed by atoms with Crippen LogP contribution in [-0.4, -0.2) is 0 Å². The van der Waals surface area contributed by atoms with E-state index in [1.807, 2.05) is 72.9 Å². The molecule has 0 heterocycles. The topological polar surface area (TPSA) is 0 Å². The van der Waals surface area contributed by atoms with Crippen molar-refractivity contribution in [2.75, 3.05) is 0 Å². The van der Waals surface area contributed by atoms with Crippen LogP contribution in [-0.2, 0) is 0 Å².